The summed E-state index contributed by atoms with van der Waals surface area (Å²) in [6.45, 7) is 3.77. The molecule has 0 bridgehead atoms. The maximum Gasteiger partial charge on any atom is -0.00326 e. The van der Waals surface area contributed by atoms with Crippen LogP contribution < -0.4 is 0 Å². The van der Waals surface area contributed by atoms with Gasteiger partial charge in [-0.2, -0.15) is 0 Å². The molecule has 0 spiro atoms. The molecule has 0 aliphatic carbocycles. The number of rotatable bonds is 2. The van der Waals surface area contributed by atoms with Crippen LogP contribution in [0.1, 0.15) is 5.56 Å². The molecule has 0 atom stereocenters. The SMILES string of the molecule is C=CC=Cc1cccc2ccc3cc4ccccc4cc3c12. The molecule has 4 aromatic carbocycles. The highest BCUT2D eigenvalue weighted by molar-refractivity contribution is 6.14. The molecule has 4 aromatic rings. The zero-order valence-electron chi connectivity index (χ0n) is 12.3. The van der Waals surface area contributed by atoms with Crippen molar-refractivity contribution in [3.05, 3.63) is 91.0 Å². The minimum atomic E-state index is 1.23. The van der Waals surface area contributed by atoms with Gasteiger partial charge in [-0.25, -0.2) is 0 Å². The van der Waals surface area contributed by atoms with Crippen molar-refractivity contribution in [2.45, 2.75) is 0 Å². The average Bonchev–Trinajstić information content (AvgIpc) is 2.57. The molecular formula is C22H16. The molecule has 0 aromatic heterocycles. The smallest absolute Gasteiger partial charge is 0.00326 e. The molecule has 0 amide bonds. The van der Waals surface area contributed by atoms with Crippen molar-refractivity contribution in [2.75, 3.05) is 0 Å². The minimum Gasteiger partial charge on any atom is -0.0991 e. The molecule has 22 heavy (non-hydrogen) atoms. The molecule has 0 saturated carbocycles. The van der Waals surface area contributed by atoms with Crippen molar-refractivity contribution >= 4 is 38.4 Å². The van der Waals surface area contributed by atoms with Crippen LogP contribution in [0.25, 0.3) is 38.4 Å². The monoisotopic (exact) mass is 280 g/mol. The van der Waals surface area contributed by atoms with E-state index >= 15 is 0 Å². The predicted molar refractivity (Wildman–Crippen MR) is 98.2 cm³/mol. The first-order valence-corrected chi connectivity index (χ1v) is 7.50. The van der Waals surface area contributed by atoms with Crippen molar-refractivity contribution in [2.24, 2.45) is 0 Å². The third kappa shape index (κ3) is 2.01. The maximum atomic E-state index is 3.77. The van der Waals surface area contributed by atoms with E-state index in [1.165, 1.54) is 37.9 Å². The quantitative estimate of drug-likeness (QED) is 0.228. The Bertz CT molecular complexity index is 1040. The van der Waals surface area contributed by atoms with Crippen molar-refractivity contribution in [1.82, 2.24) is 0 Å². The summed E-state index contributed by atoms with van der Waals surface area (Å²) in [6, 6.07) is 24.0. The highest BCUT2D eigenvalue weighted by Crippen LogP contribution is 2.32. The Hall–Kier alpha value is -2.86. The van der Waals surface area contributed by atoms with Gasteiger partial charge in [-0.3, -0.25) is 0 Å². The molecule has 0 heteroatoms. The van der Waals surface area contributed by atoms with Crippen LogP contribution in [0.2, 0.25) is 0 Å². The number of fused-ring (bicyclic) bond motifs is 4. The lowest BCUT2D eigenvalue weighted by Gasteiger charge is -2.09. The molecule has 0 aliphatic heterocycles. The molecule has 0 saturated heterocycles. The van der Waals surface area contributed by atoms with Crippen molar-refractivity contribution in [1.29, 1.82) is 0 Å². The fourth-order valence-corrected chi connectivity index (χ4v) is 3.14. The molecule has 0 N–H and O–H groups in total. The lowest BCUT2D eigenvalue weighted by atomic mass is 9.95. The first kappa shape index (κ1) is 12.8. The normalized spacial score (nSPS) is 11.6. The minimum absolute atomic E-state index is 1.23. The molecule has 0 fully saturated rings. The van der Waals surface area contributed by atoms with E-state index in [-0.39, 0.29) is 0 Å². The molecule has 0 heterocycles. The highest BCUT2D eigenvalue weighted by Gasteiger charge is 2.05. The van der Waals surface area contributed by atoms with Crippen LogP contribution in [0.3, 0.4) is 0 Å². The zero-order valence-corrected chi connectivity index (χ0v) is 12.3. The van der Waals surface area contributed by atoms with Crippen LogP contribution in [0, 0.1) is 0 Å². The van der Waals surface area contributed by atoms with E-state index < -0.39 is 0 Å². The third-order valence-electron chi connectivity index (χ3n) is 4.17. The first-order valence-electron chi connectivity index (χ1n) is 7.50. The Morgan fingerprint density at radius 2 is 1.41 bits per heavy atom. The van der Waals surface area contributed by atoms with Gasteiger partial charge in [0.25, 0.3) is 0 Å². The highest BCUT2D eigenvalue weighted by atomic mass is 14.1. The van der Waals surface area contributed by atoms with Crippen LogP contribution >= 0.6 is 0 Å². The second kappa shape index (κ2) is 5.16. The van der Waals surface area contributed by atoms with Crippen LogP contribution in [0.5, 0.6) is 0 Å². The Balaban J connectivity index is 2.18. The van der Waals surface area contributed by atoms with E-state index in [1.807, 2.05) is 12.2 Å². The molecule has 0 radical (unpaired) electrons. The van der Waals surface area contributed by atoms with Gasteiger partial charge in [-0.1, -0.05) is 79.4 Å². The third-order valence-corrected chi connectivity index (χ3v) is 4.17. The van der Waals surface area contributed by atoms with Crippen LogP contribution in [0.15, 0.2) is 85.5 Å². The van der Waals surface area contributed by atoms with Crippen molar-refractivity contribution in [3.8, 4) is 0 Å². The van der Waals surface area contributed by atoms with E-state index in [9.17, 15) is 0 Å². The Labute approximate surface area is 130 Å². The predicted octanol–water partition coefficient (Wildman–Crippen LogP) is 6.35. The molecule has 0 aliphatic rings. The Morgan fingerprint density at radius 1 is 0.682 bits per heavy atom. The summed E-state index contributed by atoms with van der Waals surface area (Å²) in [5.41, 5.74) is 1.23. The zero-order chi connectivity index (χ0) is 14.9. The first-order chi connectivity index (χ1) is 10.9. The van der Waals surface area contributed by atoms with Crippen LogP contribution in [-0.4, -0.2) is 0 Å². The largest absolute Gasteiger partial charge is 0.0991 e. The van der Waals surface area contributed by atoms with E-state index in [2.05, 4.69) is 79.4 Å². The number of allylic oxidation sites excluding steroid dienone is 2. The molecule has 0 nitrogen and oxygen atoms in total. The number of hydrogen-bond acceptors (Lipinski definition) is 0. The number of benzene rings is 4. The summed E-state index contributed by atoms with van der Waals surface area (Å²) in [6.07, 6.45) is 5.94. The lowest BCUT2D eigenvalue weighted by Crippen LogP contribution is -1.83. The van der Waals surface area contributed by atoms with Crippen LogP contribution in [0.4, 0.5) is 0 Å². The van der Waals surface area contributed by atoms with Gasteiger partial charge in [-0.15, -0.1) is 0 Å². The van der Waals surface area contributed by atoms with Crippen molar-refractivity contribution < 1.29 is 0 Å². The maximum absolute atomic E-state index is 3.77. The Morgan fingerprint density at radius 3 is 2.23 bits per heavy atom. The topological polar surface area (TPSA) is 0 Å². The fraction of sp³-hybridized carbons (Fsp3) is 0. The van der Waals surface area contributed by atoms with Gasteiger partial charge in [0.2, 0.25) is 0 Å². The van der Waals surface area contributed by atoms with Crippen LogP contribution in [-0.2, 0) is 0 Å². The van der Waals surface area contributed by atoms with Gasteiger partial charge in [0.1, 0.15) is 0 Å². The molecule has 4 rings (SSSR count). The van der Waals surface area contributed by atoms with Gasteiger partial charge in [-0.05, 0) is 50.0 Å². The summed E-state index contributed by atoms with van der Waals surface area (Å²) in [5.74, 6) is 0. The summed E-state index contributed by atoms with van der Waals surface area (Å²) in [7, 11) is 0. The second-order valence-electron chi connectivity index (χ2n) is 5.53. The van der Waals surface area contributed by atoms with E-state index in [4.69, 9.17) is 0 Å². The molecular weight excluding hydrogens is 264 g/mol. The van der Waals surface area contributed by atoms with E-state index in [1.54, 1.807) is 0 Å². The van der Waals surface area contributed by atoms with Gasteiger partial charge in [0, 0.05) is 0 Å². The van der Waals surface area contributed by atoms with Gasteiger partial charge >= 0.3 is 0 Å². The molecule has 104 valence electrons. The summed E-state index contributed by atoms with van der Waals surface area (Å²) < 4.78 is 0. The second-order valence-corrected chi connectivity index (χ2v) is 5.53. The summed E-state index contributed by atoms with van der Waals surface area (Å²) in [5, 5.41) is 7.74. The van der Waals surface area contributed by atoms with Gasteiger partial charge in [0.15, 0.2) is 0 Å². The lowest BCUT2D eigenvalue weighted by molar-refractivity contribution is 1.74. The Kier molecular flexibility index (Phi) is 3.01. The number of hydrogen-bond donors (Lipinski definition) is 0. The summed E-state index contributed by atoms with van der Waals surface area (Å²) >= 11 is 0. The fourth-order valence-electron chi connectivity index (χ4n) is 3.14. The van der Waals surface area contributed by atoms with Gasteiger partial charge < -0.3 is 0 Å². The molecule has 0 unspecified atom stereocenters. The standard InChI is InChI=1S/C22H16/c1-2-3-7-16-10-6-11-17-12-13-20-14-18-8-4-5-9-19(18)15-21(20)22(16)17/h2-15H,1H2. The average molecular weight is 280 g/mol. The summed E-state index contributed by atoms with van der Waals surface area (Å²) in [4.78, 5) is 0. The van der Waals surface area contributed by atoms with E-state index in [0.29, 0.717) is 0 Å². The van der Waals surface area contributed by atoms with Gasteiger partial charge in [0.05, 0.1) is 0 Å². The van der Waals surface area contributed by atoms with Crippen molar-refractivity contribution in [3.63, 3.8) is 0 Å². The van der Waals surface area contributed by atoms with E-state index in [0.717, 1.165) is 0 Å².